The first-order valence-corrected chi connectivity index (χ1v) is 8.85. The van der Waals surface area contributed by atoms with Crippen molar-refractivity contribution in [3.8, 4) is 5.75 Å². The van der Waals surface area contributed by atoms with Crippen LogP contribution in [-0.4, -0.2) is 21.8 Å². The van der Waals surface area contributed by atoms with E-state index in [1.54, 1.807) is 35.5 Å². The van der Waals surface area contributed by atoms with Crippen LogP contribution in [0.2, 0.25) is 5.02 Å². The Balaban J connectivity index is 1.71. The molecule has 3 rings (SSSR count). The molecule has 1 aliphatic rings. The fourth-order valence-corrected chi connectivity index (χ4v) is 3.77. The van der Waals surface area contributed by atoms with Gasteiger partial charge in [0.25, 0.3) is 5.91 Å². The Labute approximate surface area is 144 Å². The van der Waals surface area contributed by atoms with Crippen LogP contribution < -0.4 is 10.1 Å². The Morgan fingerprint density at radius 2 is 2.26 bits per heavy atom. The van der Waals surface area contributed by atoms with Gasteiger partial charge in [0.2, 0.25) is 0 Å². The van der Waals surface area contributed by atoms with Crippen LogP contribution >= 0.6 is 23.4 Å². The largest absolute Gasteiger partial charge is 0.481 e. The molecular formula is C16H18ClN3O2S. The lowest BCUT2D eigenvalue weighted by Gasteiger charge is -2.17. The van der Waals surface area contributed by atoms with Crippen LogP contribution in [0.25, 0.3) is 0 Å². The molecule has 23 heavy (non-hydrogen) atoms. The fourth-order valence-electron chi connectivity index (χ4n) is 2.50. The van der Waals surface area contributed by atoms with Gasteiger partial charge in [-0.15, -0.1) is 0 Å². The molecule has 1 amide bonds. The zero-order valence-electron chi connectivity index (χ0n) is 13.2. The van der Waals surface area contributed by atoms with Gasteiger partial charge in [-0.2, -0.15) is 16.9 Å². The maximum absolute atomic E-state index is 12.4. The number of hydrogen-bond acceptors (Lipinski definition) is 4. The van der Waals surface area contributed by atoms with Gasteiger partial charge in [0, 0.05) is 29.1 Å². The number of halogens is 1. The van der Waals surface area contributed by atoms with E-state index >= 15 is 0 Å². The van der Waals surface area contributed by atoms with Crippen molar-refractivity contribution in [2.24, 2.45) is 7.05 Å². The summed E-state index contributed by atoms with van der Waals surface area (Å²) in [5.74, 6) is 3.00. The molecule has 0 radical (unpaired) electrons. The number of nitrogens with zero attached hydrogens (tertiary/aromatic N) is 2. The minimum atomic E-state index is -0.616. The topological polar surface area (TPSA) is 56.1 Å². The first-order valence-electron chi connectivity index (χ1n) is 7.32. The van der Waals surface area contributed by atoms with Crippen molar-refractivity contribution in [1.82, 2.24) is 9.78 Å². The smallest absolute Gasteiger partial charge is 0.266 e. The number of thioether (sulfide) groups is 1. The number of anilines is 1. The fraction of sp³-hybridized carbons (Fsp3) is 0.375. The number of carbonyl (C=O) groups excluding carboxylic acids is 1. The van der Waals surface area contributed by atoms with E-state index in [2.05, 4.69) is 10.4 Å². The van der Waals surface area contributed by atoms with Gasteiger partial charge in [-0.3, -0.25) is 9.48 Å². The SMILES string of the molecule is Cc1cc(Cl)ccc1OC(C)C(=O)Nc1c2c(nn1C)CSC2. The van der Waals surface area contributed by atoms with Crippen LogP contribution in [0.3, 0.4) is 0 Å². The van der Waals surface area contributed by atoms with Crippen molar-refractivity contribution in [3.05, 3.63) is 40.0 Å². The second-order valence-corrected chi connectivity index (χ2v) is 6.97. The summed E-state index contributed by atoms with van der Waals surface area (Å²) < 4.78 is 7.49. The van der Waals surface area contributed by atoms with Crippen molar-refractivity contribution in [1.29, 1.82) is 0 Å². The molecule has 0 aliphatic carbocycles. The molecule has 0 saturated carbocycles. The second-order valence-electron chi connectivity index (χ2n) is 5.55. The zero-order chi connectivity index (χ0) is 16.6. The molecule has 1 aromatic heterocycles. The molecule has 0 saturated heterocycles. The summed E-state index contributed by atoms with van der Waals surface area (Å²) in [5.41, 5.74) is 3.06. The van der Waals surface area contributed by atoms with Gasteiger partial charge in [-0.1, -0.05) is 11.6 Å². The number of aryl methyl sites for hydroxylation is 2. The summed E-state index contributed by atoms with van der Waals surface area (Å²) >= 11 is 7.74. The lowest BCUT2D eigenvalue weighted by molar-refractivity contribution is -0.122. The molecule has 7 heteroatoms. The van der Waals surface area contributed by atoms with Crippen molar-refractivity contribution in [2.75, 3.05) is 5.32 Å². The molecular weight excluding hydrogens is 334 g/mol. The number of benzene rings is 1. The van der Waals surface area contributed by atoms with E-state index in [0.717, 1.165) is 34.1 Å². The summed E-state index contributed by atoms with van der Waals surface area (Å²) in [6, 6.07) is 5.34. The van der Waals surface area contributed by atoms with E-state index in [9.17, 15) is 4.79 Å². The van der Waals surface area contributed by atoms with Crippen LogP contribution in [0.1, 0.15) is 23.7 Å². The number of carbonyl (C=O) groups is 1. The van der Waals surface area contributed by atoms with E-state index in [1.165, 1.54) is 0 Å². The molecule has 1 atom stereocenters. The molecule has 2 heterocycles. The number of fused-ring (bicyclic) bond motifs is 1. The summed E-state index contributed by atoms with van der Waals surface area (Å²) in [4.78, 5) is 12.4. The third-order valence-corrected chi connectivity index (χ3v) is 4.97. The molecule has 0 fully saturated rings. The molecule has 0 spiro atoms. The first-order chi connectivity index (χ1) is 11.0. The number of nitrogens with one attached hydrogen (secondary N) is 1. The number of amides is 1. The molecule has 5 nitrogen and oxygen atoms in total. The second kappa shape index (κ2) is 6.45. The lowest BCUT2D eigenvalue weighted by atomic mass is 10.2. The third kappa shape index (κ3) is 3.33. The number of rotatable bonds is 4. The summed E-state index contributed by atoms with van der Waals surface area (Å²) in [5, 5.41) is 8.02. The van der Waals surface area contributed by atoms with Gasteiger partial charge in [0.1, 0.15) is 11.6 Å². The highest BCUT2D eigenvalue weighted by molar-refractivity contribution is 7.98. The number of aromatic nitrogens is 2. The molecule has 122 valence electrons. The highest BCUT2D eigenvalue weighted by Gasteiger charge is 2.24. The average molecular weight is 352 g/mol. The molecule has 1 aliphatic heterocycles. The molecule has 0 bridgehead atoms. The van der Waals surface area contributed by atoms with E-state index < -0.39 is 6.10 Å². The van der Waals surface area contributed by atoms with Crippen molar-refractivity contribution < 1.29 is 9.53 Å². The standard InChI is InChI=1S/C16H18ClN3O2S/c1-9-6-11(17)4-5-14(9)22-10(2)16(21)18-15-12-7-23-8-13(12)19-20(15)3/h4-6,10H,7-8H2,1-3H3,(H,18,21). The highest BCUT2D eigenvalue weighted by atomic mass is 35.5. The van der Waals surface area contributed by atoms with Crippen molar-refractivity contribution >= 4 is 35.1 Å². The summed E-state index contributed by atoms with van der Waals surface area (Å²) in [7, 11) is 1.84. The van der Waals surface area contributed by atoms with Crippen molar-refractivity contribution in [2.45, 2.75) is 31.5 Å². The van der Waals surface area contributed by atoms with E-state index in [0.29, 0.717) is 10.8 Å². The third-order valence-electron chi connectivity index (χ3n) is 3.77. The first kappa shape index (κ1) is 16.2. The Morgan fingerprint density at radius 3 is 3.00 bits per heavy atom. The summed E-state index contributed by atoms with van der Waals surface area (Å²) in [6.45, 7) is 3.63. The minimum absolute atomic E-state index is 0.193. The minimum Gasteiger partial charge on any atom is -0.481 e. The average Bonchev–Trinajstić information content (AvgIpc) is 3.04. The maximum atomic E-state index is 12.4. The maximum Gasteiger partial charge on any atom is 0.266 e. The Morgan fingerprint density at radius 1 is 1.48 bits per heavy atom. The van der Waals surface area contributed by atoms with Gasteiger partial charge in [0.15, 0.2) is 6.10 Å². The van der Waals surface area contributed by atoms with Gasteiger partial charge in [0.05, 0.1) is 5.69 Å². The normalized spacial score (nSPS) is 14.4. The predicted octanol–water partition coefficient (Wildman–Crippen LogP) is 3.53. The molecule has 1 aromatic carbocycles. The van der Waals surface area contributed by atoms with Crippen LogP contribution in [-0.2, 0) is 23.3 Å². The predicted molar refractivity (Wildman–Crippen MR) is 93.1 cm³/mol. The van der Waals surface area contributed by atoms with Gasteiger partial charge in [-0.25, -0.2) is 0 Å². The van der Waals surface area contributed by atoms with Crippen LogP contribution in [0.15, 0.2) is 18.2 Å². The molecule has 1 unspecified atom stereocenters. The lowest BCUT2D eigenvalue weighted by Crippen LogP contribution is -2.31. The van der Waals surface area contributed by atoms with Crippen LogP contribution in [0.5, 0.6) is 5.75 Å². The molecule has 2 aromatic rings. The Hall–Kier alpha value is -1.66. The van der Waals surface area contributed by atoms with E-state index in [-0.39, 0.29) is 5.91 Å². The van der Waals surface area contributed by atoms with E-state index in [4.69, 9.17) is 16.3 Å². The van der Waals surface area contributed by atoms with Gasteiger partial charge < -0.3 is 10.1 Å². The van der Waals surface area contributed by atoms with E-state index in [1.807, 2.05) is 20.0 Å². The molecule has 1 N–H and O–H groups in total. The van der Waals surface area contributed by atoms with Crippen LogP contribution in [0, 0.1) is 6.92 Å². The monoisotopic (exact) mass is 351 g/mol. The summed E-state index contributed by atoms with van der Waals surface area (Å²) in [6.07, 6.45) is -0.616. The highest BCUT2D eigenvalue weighted by Crippen LogP contribution is 2.34. The number of ether oxygens (including phenoxy) is 1. The van der Waals surface area contributed by atoms with Gasteiger partial charge >= 0.3 is 0 Å². The quantitative estimate of drug-likeness (QED) is 0.915. The Kier molecular flexibility index (Phi) is 4.55. The van der Waals surface area contributed by atoms with Crippen LogP contribution in [0.4, 0.5) is 5.82 Å². The van der Waals surface area contributed by atoms with Gasteiger partial charge in [-0.05, 0) is 37.6 Å². The Bertz CT molecular complexity index is 760. The zero-order valence-corrected chi connectivity index (χ0v) is 14.8. The number of hydrogen-bond donors (Lipinski definition) is 1. The van der Waals surface area contributed by atoms with Crippen molar-refractivity contribution in [3.63, 3.8) is 0 Å².